The highest BCUT2D eigenvalue weighted by atomic mass is 79.9. The Kier molecular flexibility index (Phi) is 5.26. The first kappa shape index (κ1) is 15.6. The Morgan fingerprint density at radius 3 is 2.20 bits per heavy atom. The van der Waals surface area contributed by atoms with E-state index in [9.17, 15) is 8.78 Å². The molecule has 3 N–H and O–H groups in total. The number of hydrogen-bond acceptors (Lipinski definition) is 2. The predicted octanol–water partition coefficient (Wildman–Crippen LogP) is 4.24. The summed E-state index contributed by atoms with van der Waals surface area (Å²) in [6.45, 7) is 0. The molecule has 0 saturated heterocycles. The Morgan fingerprint density at radius 1 is 1.00 bits per heavy atom. The normalized spacial score (nSPS) is 12.4. The summed E-state index contributed by atoms with van der Waals surface area (Å²) >= 11 is 6.82. The van der Waals surface area contributed by atoms with Gasteiger partial charge in [-0.25, -0.2) is 8.78 Å². The molecule has 0 radical (unpaired) electrons. The summed E-state index contributed by atoms with van der Waals surface area (Å²) in [5.41, 5.74) is 4.31. The molecule has 20 heavy (non-hydrogen) atoms. The highest BCUT2D eigenvalue weighted by molar-refractivity contribution is 9.11. The van der Waals surface area contributed by atoms with E-state index in [0.717, 1.165) is 20.6 Å². The molecule has 0 fully saturated rings. The van der Waals surface area contributed by atoms with Gasteiger partial charge >= 0.3 is 0 Å². The zero-order chi connectivity index (χ0) is 14.7. The average molecular weight is 406 g/mol. The molecule has 0 bridgehead atoms. The lowest BCUT2D eigenvalue weighted by Crippen LogP contribution is -2.29. The van der Waals surface area contributed by atoms with Gasteiger partial charge in [0.2, 0.25) is 0 Å². The molecular formula is C14H12Br2F2N2. The van der Waals surface area contributed by atoms with Crippen molar-refractivity contribution in [2.24, 2.45) is 5.84 Å². The fraction of sp³-hybridized carbons (Fsp3) is 0.143. The van der Waals surface area contributed by atoms with Crippen LogP contribution in [0.5, 0.6) is 0 Å². The van der Waals surface area contributed by atoms with Crippen LogP contribution in [-0.2, 0) is 6.42 Å². The molecule has 2 aromatic carbocycles. The first-order chi connectivity index (χ1) is 9.49. The molecule has 6 heteroatoms. The van der Waals surface area contributed by atoms with Gasteiger partial charge in [0.25, 0.3) is 0 Å². The molecule has 2 aromatic rings. The first-order valence-electron chi connectivity index (χ1n) is 5.85. The number of nitrogens with two attached hydrogens (primary N) is 1. The van der Waals surface area contributed by atoms with Crippen LogP contribution in [0.1, 0.15) is 17.2 Å². The summed E-state index contributed by atoms with van der Waals surface area (Å²) in [5.74, 6) is 3.87. The Morgan fingerprint density at radius 2 is 1.65 bits per heavy atom. The second-order valence-electron chi connectivity index (χ2n) is 4.37. The monoisotopic (exact) mass is 404 g/mol. The smallest absolute Gasteiger partial charge is 0.159 e. The third-order valence-corrected chi connectivity index (χ3v) is 3.83. The van der Waals surface area contributed by atoms with Gasteiger partial charge < -0.3 is 0 Å². The van der Waals surface area contributed by atoms with Gasteiger partial charge in [0.1, 0.15) is 0 Å². The second-order valence-corrected chi connectivity index (χ2v) is 6.21. The van der Waals surface area contributed by atoms with E-state index in [1.165, 1.54) is 6.07 Å². The summed E-state index contributed by atoms with van der Waals surface area (Å²) < 4.78 is 28.0. The molecule has 0 heterocycles. The van der Waals surface area contributed by atoms with E-state index in [-0.39, 0.29) is 6.04 Å². The lowest BCUT2D eigenvalue weighted by Gasteiger charge is -2.17. The number of halogens is 4. The summed E-state index contributed by atoms with van der Waals surface area (Å²) in [7, 11) is 0. The summed E-state index contributed by atoms with van der Waals surface area (Å²) in [4.78, 5) is 0. The molecule has 2 rings (SSSR count). The molecule has 0 aliphatic heterocycles. The Labute approximate surface area is 132 Å². The zero-order valence-corrected chi connectivity index (χ0v) is 13.5. The van der Waals surface area contributed by atoms with Crippen LogP contribution in [0.2, 0.25) is 0 Å². The van der Waals surface area contributed by atoms with Crippen LogP contribution in [0.4, 0.5) is 8.78 Å². The van der Waals surface area contributed by atoms with Crippen molar-refractivity contribution in [1.29, 1.82) is 0 Å². The highest BCUT2D eigenvalue weighted by Gasteiger charge is 2.13. The molecule has 2 nitrogen and oxygen atoms in total. The molecule has 0 spiro atoms. The van der Waals surface area contributed by atoms with E-state index >= 15 is 0 Å². The van der Waals surface area contributed by atoms with Crippen LogP contribution in [0, 0.1) is 11.6 Å². The molecule has 1 atom stereocenters. The summed E-state index contributed by atoms with van der Waals surface area (Å²) in [5, 5.41) is 0. The molecule has 0 aromatic heterocycles. The minimum atomic E-state index is -0.853. The maximum absolute atomic E-state index is 13.2. The molecule has 1 unspecified atom stereocenters. The molecule has 0 aliphatic rings. The average Bonchev–Trinajstić information content (AvgIpc) is 2.38. The van der Waals surface area contributed by atoms with Crippen molar-refractivity contribution in [2.75, 3.05) is 0 Å². The van der Waals surface area contributed by atoms with E-state index in [1.54, 1.807) is 6.07 Å². The van der Waals surface area contributed by atoms with Crippen molar-refractivity contribution in [3.05, 3.63) is 68.1 Å². The van der Waals surface area contributed by atoms with Gasteiger partial charge in [-0.05, 0) is 47.9 Å². The topological polar surface area (TPSA) is 38.0 Å². The van der Waals surface area contributed by atoms with Gasteiger partial charge in [-0.3, -0.25) is 11.3 Å². The fourth-order valence-corrected chi connectivity index (χ4v) is 3.28. The third kappa shape index (κ3) is 3.85. The minimum Gasteiger partial charge on any atom is -0.271 e. The van der Waals surface area contributed by atoms with Crippen molar-refractivity contribution in [2.45, 2.75) is 12.5 Å². The number of nitrogens with one attached hydrogen (secondary N) is 1. The van der Waals surface area contributed by atoms with Crippen molar-refractivity contribution >= 4 is 31.9 Å². The standard InChI is InChI=1S/C14H12Br2F2N2/c15-10-5-9(6-11(16)7-10)14(20-19)4-8-1-2-12(17)13(18)3-8/h1-3,5-7,14,20H,4,19H2. The second kappa shape index (κ2) is 6.76. The predicted molar refractivity (Wildman–Crippen MR) is 82.0 cm³/mol. The van der Waals surface area contributed by atoms with E-state index < -0.39 is 11.6 Å². The summed E-state index contributed by atoms with van der Waals surface area (Å²) in [6.07, 6.45) is 0.455. The number of hydrazine groups is 1. The minimum absolute atomic E-state index is 0.200. The third-order valence-electron chi connectivity index (χ3n) is 2.91. The van der Waals surface area contributed by atoms with Gasteiger partial charge in [-0.1, -0.05) is 37.9 Å². The fourth-order valence-electron chi connectivity index (χ4n) is 1.95. The van der Waals surface area contributed by atoms with Crippen molar-refractivity contribution in [1.82, 2.24) is 5.43 Å². The van der Waals surface area contributed by atoms with Gasteiger partial charge in [0.15, 0.2) is 11.6 Å². The Bertz CT molecular complexity index is 600. The SMILES string of the molecule is NNC(Cc1ccc(F)c(F)c1)c1cc(Br)cc(Br)c1. The molecular weight excluding hydrogens is 394 g/mol. The lowest BCUT2D eigenvalue weighted by molar-refractivity contribution is 0.502. The quantitative estimate of drug-likeness (QED) is 0.589. The van der Waals surface area contributed by atoms with E-state index in [0.29, 0.717) is 12.0 Å². The van der Waals surface area contributed by atoms with E-state index in [2.05, 4.69) is 37.3 Å². The van der Waals surface area contributed by atoms with Crippen LogP contribution < -0.4 is 11.3 Å². The number of hydrogen-bond donors (Lipinski definition) is 2. The molecule has 0 saturated carbocycles. The van der Waals surface area contributed by atoms with Crippen LogP contribution >= 0.6 is 31.9 Å². The van der Waals surface area contributed by atoms with E-state index in [4.69, 9.17) is 5.84 Å². The van der Waals surface area contributed by atoms with Gasteiger partial charge in [-0.2, -0.15) is 0 Å². The molecule has 106 valence electrons. The molecule has 0 aliphatic carbocycles. The Balaban J connectivity index is 2.26. The maximum atomic E-state index is 13.2. The van der Waals surface area contributed by atoms with Crippen molar-refractivity contribution in [3.63, 3.8) is 0 Å². The largest absolute Gasteiger partial charge is 0.271 e. The van der Waals surface area contributed by atoms with Crippen LogP contribution in [0.15, 0.2) is 45.3 Å². The van der Waals surface area contributed by atoms with Crippen LogP contribution in [-0.4, -0.2) is 0 Å². The lowest BCUT2D eigenvalue weighted by atomic mass is 9.99. The number of rotatable bonds is 4. The van der Waals surface area contributed by atoms with Gasteiger partial charge in [0, 0.05) is 8.95 Å². The van der Waals surface area contributed by atoms with E-state index in [1.807, 2.05) is 18.2 Å². The van der Waals surface area contributed by atoms with Gasteiger partial charge in [0.05, 0.1) is 6.04 Å². The van der Waals surface area contributed by atoms with Crippen molar-refractivity contribution < 1.29 is 8.78 Å². The van der Waals surface area contributed by atoms with Crippen LogP contribution in [0.25, 0.3) is 0 Å². The highest BCUT2D eigenvalue weighted by Crippen LogP contribution is 2.26. The maximum Gasteiger partial charge on any atom is 0.159 e. The number of benzene rings is 2. The van der Waals surface area contributed by atoms with Crippen LogP contribution in [0.3, 0.4) is 0 Å². The zero-order valence-electron chi connectivity index (χ0n) is 10.3. The molecule has 0 amide bonds. The summed E-state index contributed by atoms with van der Waals surface area (Å²) in [6, 6.07) is 9.42. The Hall–Kier alpha value is -0.820. The van der Waals surface area contributed by atoms with Crippen molar-refractivity contribution in [3.8, 4) is 0 Å². The first-order valence-corrected chi connectivity index (χ1v) is 7.44. The van der Waals surface area contributed by atoms with Gasteiger partial charge in [-0.15, -0.1) is 0 Å².